The van der Waals surface area contributed by atoms with Crippen LogP contribution in [0.4, 0.5) is 0 Å². The maximum atomic E-state index is 12.5. The Hall–Kier alpha value is -1.66. The van der Waals surface area contributed by atoms with Crippen LogP contribution < -0.4 is 5.32 Å². The van der Waals surface area contributed by atoms with E-state index in [1.165, 1.54) is 257 Å². The van der Waals surface area contributed by atoms with Gasteiger partial charge >= 0.3 is 5.97 Å². The quantitative estimate of drug-likeness (QED) is 0.0321. The first-order valence-electron chi connectivity index (χ1n) is 30.1. The highest BCUT2D eigenvalue weighted by Gasteiger charge is 2.18. The molecule has 67 heavy (non-hydrogen) atoms. The van der Waals surface area contributed by atoms with Crippen LogP contribution >= 0.6 is 0 Å². The minimum atomic E-state index is -0.849. The van der Waals surface area contributed by atoms with Crippen molar-refractivity contribution in [1.29, 1.82) is 0 Å². The second-order valence-electron chi connectivity index (χ2n) is 20.7. The summed E-state index contributed by atoms with van der Waals surface area (Å²) in [7, 11) is 0. The molecule has 6 heteroatoms. The number of rotatable bonds is 56. The van der Waals surface area contributed by atoms with E-state index < -0.39 is 12.1 Å². The van der Waals surface area contributed by atoms with Crippen molar-refractivity contribution in [2.45, 2.75) is 341 Å². The van der Waals surface area contributed by atoms with Gasteiger partial charge in [0.2, 0.25) is 5.91 Å². The minimum Gasteiger partial charge on any atom is -0.466 e. The van der Waals surface area contributed by atoms with Gasteiger partial charge in [-0.15, -0.1) is 0 Å². The van der Waals surface area contributed by atoms with E-state index in [2.05, 4.69) is 31.3 Å². The van der Waals surface area contributed by atoms with Crippen LogP contribution in [0.25, 0.3) is 0 Å². The highest BCUT2D eigenvalue weighted by Crippen LogP contribution is 2.17. The lowest BCUT2D eigenvalue weighted by Crippen LogP contribution is -2.45. The Balaban J connectivity index is 3.46. The average molecular weight is 945 g/mol. The molecule has 0 fully saturated rings. The molecule has 0 saturated heterocycles. The van der Waals surface area contributed by atoms with Crippen molar-refractivity contribution in [3.8, 4) is 0 Å². The summed E-state index contributed by atoms with van der Waals surface area (Å²) in [5, 5.41) is 23.2. The van der Waals surface area contributed by atoms with E-state index in [0.29, 0.717) is 19.4 Å². The molecule has 0 rings (SSSR count). The predicted molar refractivity (Wildman–Crippen MR) is 292 cm³/mol. The molecule has 0 saturated carbocycles. The fourth-order valence-corrected chi connectivity index (χ4v) is 9.32. The first kappa shape index (κ1) is 65.3. The van der Waals surface area contributed by atoms with Crippen LogP contribution in [-0.2, 0) is 14.3 Å². The number of amides is 1. The Morgan fingerprint density at radius 1 is 0.403 bits per heavy atom. The molecular weight excluding hydrogens is 827 g/mol. The Labute approximate surface area is 418 Å². The zero-order valence-corrected chi connectivity index (χ0v) is 45.1. The Bertz CT molecular complexity index is 1040. The van der Waals surface area contributed by atoms with Gasteiger partial charge in [-0.1, -0.05) is 289 Å². The summed E-state index contributed by atoms with van der Waals surface area (Å²) in [5.74, 6) is -0.0767. The van der Waals surface area contributed by atoms with Gasteiger partial charge < -0.3 is 20.3 Å². The van der Waals surface area contributed by atoms with E-state index in [4.69, 9.17) is 4.74 Å². The fourth-order valence-electron chi connectivity index (χ4n) is 9.32. The van der Waals surface area contributed by atoms with E-state index in [1.54, 1.807) is 6.08 Å². The molecule has 1 amide bonds. The Kier molecular flexibility index (Phi) is 55.5. The number of allylic oxidation sites excluding steroid dienone is 3. The van der Waals surface area contributed by atoms with Crippen LogP contribution in [0, 0.1) is 0 Å². The molecular formula is C61H117NO5. The Morgan fingerprint density at radius 3 is 1.10 bits per heavy atom. The number of hydrogen-bond acceptors (Lipinski definition) is 5. The topological polar surface area (TPSA) is 95.9 Å². The zero-order valence-electron chi connectivity index (χ0n) is 45.1. The number of aliphatic hydroxyl groups excluding tert-OH is 2. The maximum absolute atomic E-state index is 12.5. The summed E-state index contributed by atoms with van der Waals surface area (Å²) < 4.78 is 5.45. The molecule has 0 aliphatic heterocycles. The molecule has 0 aromatic heterocycles. The molecule has 0 radical (unpaired) electrons. The molecule has 0 heterocycles. The van der Waals surface area contributed by atoms with Crippen molar-refractivity contribution < 1.29 is 24.5 Å². The molecule has 0 aliphatic rings. The summed E-state index contributed by atoms with van der Waals surface area (Å²) in [6.45, 7) is 4.87. The third kappa shape index (κ3) is 53.5. The monoisotopic (exact) mass is 944 g/mol. The molecule has 6 nitrogen and oxygen atoms in total. The van der Waals surface area contributed by atoms with Gasteiger partial charge in [0.15, 0.2) is 0 Å². The van der Waals surface area contributed by atoms with Gasteiger partial charge in [0, 0.05) is 12.8 Å². The average Bonchev–Trinajstić information content (AvgIpc) is 3.33. The van der Waals surface area contributed by atoms with Gasteiger partial charge in [0.25, 0.3) is 0 Å². The van der Waals surface area contributed by atoms with Gasteiger partial charge in [-0.05, 0) is 51.4 Å². The van der Waals surface area contributed by atoms with Gasteiger partial charge in [0.1, 0.15) is 0 Å². The van der Waals surface area contributed by atoms with Crippen LogP contribution in [0.1, 0.15) is 328 Å². The van der Waals surface area contributed by atoms with Crippen LogP contribution in [0.2, 0.25) is 0 Å². The smallest absolute Gasteiger partial charge is 0.305 e. The molecule has 2 unspecified atom stereocenters. The summed E-state index contributed by atoms with van der Waals surface area (Å²) >= 11 is 0. The van der Waals surface area contributed by atoms with Crippen molar-refractivity contribution in [2.75, 3.05) is 13.2 Å². The fraction of sp³-hybridized carbons (Fsp3) is 0.902. The summed E-state index contributed by atoms with van der Waals surface area (Å²) in [6, 6.07) is -0.633. The molecule has 0 aromatic carbocycles. The van der Waals surface area contributed by atoms with Crippen molar-refractivity contribution >= 4 is 11.9 Å². The molecule has 0 bridgehead atoms. The van der Waals surface area contributed by atoms with Gasteiger partial charge in [-0.3, -0.25) is 9.59 Å². The van der Waals surface area contributed by atoms with Gasteiger partial charge in [0.05, 0.1) is 25.4 Å². The molecule has 3 N–H and O–H groups in total. The Morgan fingerprint density at radius 2 is 0.716 bits per heavy atom. The third-order valence-corrected chi connectivity index (χ3v) is 14.0. The second-order valence-corrected chi connectivity index (χ2v) is 20.7. The standard InChI is InChI=1S/C61H117NO5/c1-3-5-7-9-11-13-15-16-17-18-19-20-21-22-24-27-30-34-37-41-45-49-53-59(64)58(57-63)62-60(65)54-50-46-42-38-35-31-28-25-23-26-29-32-36-40-44-48-52-56-67-61(66)55-51-47-43-39-33-14-12-10-8-6-4-2/h10,12,49,53,58-59,63-64H,3-9,11,13-48,50-52,54-57H2,1-2H3,(H,62,65)/b12-10-,53-49+. The molecule has 0 aliphatic carbocycles. The zero-order chi connectivity index (χ0) is 48.6. The van der Waals surface area contributed by atoms with Crippen molar-refractivity contribution in [2.24, 2.45) is 0 Å². The number of carbonyl (C=O) groups excluding carboxylic acids is 2. The van der Waals surface area contributed by atoms with Crippen LogP contribution in [-0.4, -0.2) is 47.4 Å². The maximum Gasteiger partial charge on any atom is 0.305 e. The molecule has 2 atom stereocenters. The van der Waals surface area contributed by atoms with Crippen LogP contribution in [0.3, 0.4) is 0 Å². The number of aliphatic hydroxyl groups is 2. The lowest BCUT2D eigenvalue weighted by Gasteiger charge is -2.20. The summed E-state index contributed by atoms with van der Waals surface area (Å²) in [4.78, 5) is 24.5. The lowest BCUT2D eigenvalue weighted by atomic mass is 10.0. The normalized spacial score (nSPS) is 12.7. The van der Waals surface area contributed by atoms with Gasteiger partial charge in [-0.2, -0.15) is 0 Å². The number of nitrogens with one attached hydrogen (secondary N) is 1. The minimum absolute atomic E-state index is 0.00622. The molecule has 0 aromatic rings. The SMILES string of the molecule is CCCC/C=C\CCCCCCCC(=O)OCCCCCCCCCCCCCCCCCCCC(=O)NC(CO)C(O)/C=C/CCCCCCCCCCCCCCCCCCCCCC. The van der Waals surface area contributed by atoms with E-state index in [0.717, 1.165) is 44.9 Å². The molecule has 0 spiro atoms. The van der Waals surface area contributed by atoms with E-state index >= 15 is 0 Å². The highest BCUT2D eigenvalue weighted by molar-refractivity contribution is 5.76. The lowest BCUT2D eigenvalue weighted by molar-refractivity contribution is -0.143. The third-order valence-electron chi connectivity index (χ3n) is 14.0. The van der Waals surface area contributed by atoms with E-state index in [-0.39, 0.29) is 18.5 Å². The number of ether oxygens (including phenoxy) is 1. The largest absolute Gasteiger partial charge is 0.466 e. The van der Waals surface area contributed by atoms with E-state index in [1.807, 2.05) is 6.08 Å². The van der Waals surface area contributed by atoms with Crippen molar-refractivity contribution in [3.63, 3.8) is 0 Å². The number of hydrogen-bond donors (Lipinski definition) is 3. The van der Waals surface area contributed by atoms with Crippen molar-refractivity contribution in [1.82, 2.24) is 5.32 Å². The first-order valence-corrected chi connectivity index (χ1v) is 30.1. The summed E-state index contributed by atoms with van der Waals surface area (Å²) in [6.07, 6.45) is 69.2. The number of unbranched alkanes of at least 4 members (excludes halogenated alkanes) is 43. The number of carbonyl (C=O) groups is 2. The van der Waals surface area contributed by atoms with Gasteiger partial charge in [-0.25, -0.2) is 0 Å². The van der Waals surface area contributed by atoms with Crippen LogP contribution in [0.15, 0.2) is 24.3 Å². The molecule has 396 valence electrons. The predicted octanol–water partition coefficient (Wildman–Crippen LogP) is 18.6. The van der Waals surface area contributed by atoms with Crippen LogP contribution in [0.5, 0.6) is 0 Å². The second kappa shape index (κ2) is 56.9. The number of esters is 1. The van der Waals surface area contributed by atoms with E-state index in [9.17, 15) is 19.8 Å². The highest BCUT2D eigenvalue weighted by atomic mass is 16.5. The van der Waals surface area contributed by atoms with Crippen molar-refractivity contribution in [3.05, 3.63) is 24.3 Å². The first-order chi connectivity index (χ1) is 33.0. The summed E-state index contributed by atoms with van der Waals surface area (Å²) in [5.41, 5.74) is 0.